The molecule has 5 heterocycles. The molecular weight excluding hydrogens is 437 g/mol. The smallest absolute Gasteiger partial charge is 0.369 e. The minimum Gasteiger partial charge on any atom is -0.369 e. The van der Waals surface area contributed by atoms with Gasteiger partial charge in [-0.3, -0.25) is 0 Å². The molecule has 13 heteroatoms. The van der Waals surface area contributed by atoms with Gasteiger partial charge < -0.3 is 15.0 Å². The monoisotopic (exact) mass is 455 g/mol. The number of hydrogen-bond donors (Lipinski definition) is 1. The fraction of sp³-hybridized carbons (Fsp3) is 0.474. The summed E-state index contributed by atoms with van der Waals surface area (Å²) < 4.78 is 70.5. The number of nitrogens with zero attached hydrogens (tertiary/aromatic N) is 6. The van der Waals surface area contributed by atoms with Crippen molar-refractivity contribution < 1.29 is 26.7 Å². The lowest BCUT2D eigenvalue weighted by molar-refractivity contribution is -0.141. The molecule has 0 aromatic carbocycles. The van der Waals surface area contributed by atoms with Crippen LogP contribution >= 0.6 is 0 Å². The predicted octanol–water partition coefficient (Wildman–Crippen LogP) is 2.97. The number of halogens is 5. The summed E-state index contributed by atoms with van der Waals surface area (Å²) >= 11 is 0. The molecule has 0 saturated carbocycles. The third kappa shape index (κ3) is 3.92. The van der Waals surface area contributed by atoms with Gasteiger partial charge in [-0.1, -0.05) is 0 Å². The molecule has 0 aliphatic carbocycles. The largest absolute Gasteiger partial charge is 0.433 e. The Hall–Kier alpha value is -3.09. The average molecular weight is 455 g/mol. The zero-order valence-electron chi connectivity index (χ0n) is 16.6. The van der Waals surface area contributed by atoms with Crippen molar-refractivity contribution in [3.8, 4) is 0 Å². The van der Waals surface area contributed by atoms with Crippen molar-refractivity contribution in [1.82, 2.24) is 24.7 Å². The van der Waals surface area contributed by atoms with Gasteiger partial charge in [0.05, 0.1) is 36.9 Å². The van der Waals surface area contributed by atoms with Crippen molar-refractivity contribution in [3.05, 3.63) is 36.4 Å². The topological polar surface area (TPSA) is 81.0 Å². The average Bonchev–Trinajstić information content (AvgIpc) is 3.31. The Morgan fingerprint density at radius 2 is 1.97 bits per heavy atom. The SMILES string of the molecule is FC(F)Cn1ncc2ncc(NC3COC4(C3)CN(c3ccc(C(F)(F)F)nc3)C4)nc21. The molecule has 0 bridgehead atoms. The van der Waals surface area contributed by atoms with E-state index in [9.17, 15) is 22.0 Å². The van der Waals surface area contributed by atoms with E-state index in [-0.39, 0.29) is 11.7 Å². The van der Waals surface area contributed by atoms with E-state index in [4.69, 9.17) is 4.74 Å². The van der Waals surface area contributed by atoms with Crippen molar-refractivity contribution in [3.63, 3.8) is 0 Å². The highest BCUT2D eigenvalue weighted by atomic mass is 19.4. The summed E-state index contributed by atoms with van der Waals surface area (Å²) in [6.45, 7) is 0.912. The maximum absolute atomic E-state index is 12.7. The lowest BCUT2D eigenvalue weighted by atomic mass is 9.89. The molecule has 170 valence electrons. The van der Waals surface area contributed by atoms with Crippen LogP contribution in [0.5, 0.6) is 0 Å². The van der Waals surface area contributed by atoms with Gasteiger partial charge in [-0.05, 0) is 12.1 Å². The molecular formula is C19H18F5N7O. The minimum absolute atomic E-state index is 0.0684. The van der Waals surface area contributed by atoms with E-state index in [1.54, 1.807) is 0 Å². The summed E-state index contributed by atoms with van der Waals surface area (Å²) in [5.74, 6) is 0.433. The third-order valence-corrected chi connectivity index (χ3v) is 5.58. The van der Waals surface area contributed by atoms with Crippen LogP contribution in [0.15, 0.2) is 30.7 Å². The molecule has 2 saturated heterocycles. The van der Waals surface area contributed by atoms with E-state index in [1.165, 1.54) is 24.7 Å². The molecule has 2 aliphatic heterocycles. The van der Waals surface area contributed by atoms with Crippen LogP contribution < -0.4 is 10.2 Å². The molecule has 3 aromatic rings. The van der Waals surface area contributed by atoms with Crippen molar-refractivity contribution in [2.45, 2.75) is 37.2 Å². The van der Waals surface area contributed by atoms with Gasteiger partial charge in [0.2, 0.25) is 0 Å². The zero-order valence-corrected chi connectivity index (χ0v) is 16.6. The number of rotatable bonds is 5. The molecule has 32 heavy (non-hydrogen) atoms. The maximum atomic E-state index is 12.7. The van der Waals surface area contributed by atoms with Gasteiger partial charge in [-0.15, -0.1) is 0 Å². The van der Waals surface area contributed by atoms with Crippen molar-refractivity contribution in [2.75, 3.05) is 29.9 Å². The van der Waals surface area contributed by atoms with Crippen LogP contribution in [0.3, 0.4) is 0 Å². The fourth-order valence-electron chi connectivity index (χ4n) is 4.12. The predicted molar refractivity (Wildman–Crippen MR) is 103 cm³/mol. The Kier molecular flexibility index (Phi) is 4.87. The lowest BCUT2D eigenvalue weighted by Crippen LogP contribution is -2.62. The molecule has 1 spiro atoms. The molecule has 8 nitrogen and oxygen atoms in total. The second-order valence-corrected chi connectivity index (χ2v) is 7.98. The van der Waals surface area contributed by atoms with Gasteiger partial charge in [0.1, 0.15) is 29.2 Å². The first kappa shape index (κ1) is 20.8. The van der Waals surface area contributed by atoms with Gasteiger partial charge in [0.25, 0.3) is 6.43 Å². The van der Waals surface area contributed by atoms with E-state index in [0.717, 1.165) is 10.7 Å². The van der Waals surface area contributed by atoms with Crippen LogP contribution in [-0.4, -0.2) is 62.5 Å². The first-order valence-electron chi connectivity index (χ1n) is 9.86. The van der Waals surface area contributed by atoms with E-state index < -0.39 is 30.4 Å². The van der Waals surface area contributed by atoms with Gasteiger partial charge in [0, 0.05) is 19.5 Å². The number of ether oxygens (including phenoxy) is 1. The van der Waals surface area contributed by atoms with Crippen LogP contribution in [0.25, 0.3) is 11.2 Å². The molecule has 2 fully saturated rings. The van der Waals surface area contributed by atoms with E-state index in [2.05, 4.69) is 25.4 Å². The summed E-state index contributed by atoms with van der Waals surface area (Å²) in [6, 6.07) is 2.30. The molecule has 5 rings (SSSR count). The Bertz CT molecular complexity index is 1110. The quantitative estimate of drug-likeness (QED) is 0.593. The van der Waals surface area contributed by atoms with Gasteiger partial charge in [-0.25, -0.2) is 28.4 Å². The van der Waals surface area contributed by atoms with Crippen LogP contribution in [0, 0.1) is 0 Å². The number of hydrogen-bond acceptors (Lipinski definition) is 7. The van der Waals surface area contributed by atoms with Crippen molar-refractivity contribution in [1.29, 1.82) is 0 Å². The molecule has 3 aromatic heterocycles. The lowest BCUT2D eigenvalue weighted by Gasteiger charge is -2.48. The summed E-state index contributed by atoms with van der Waals surface area (Å²) in [4.78, 5) is 14.0. The number of pyridine rings is 1. The Balaban J connectivity index is 1.20. The second-order valence-electron chi connectivity index (χ2n) is 7.98. The number of fused-ring (bicyclic) bond motifs is 1. The highest BCUT2D eigenvalue weighted by Gasteiger charge is 2.50. The van der Waals surface area contributed by atoms with Crippen LogP contribution in [0.4, 0.5) is 33.5 Å². The highest BCUT2D eigenvalue weighted by molar-refractivity contribution is 5.71. The van der Waals surface area contributed by atoms with E-state index in [0.29, 0.717) is 43.1 Å². The third-order valence-electron chi connectivity index (χ3n) is 5.58. The Labute approximate surface area is 178 Å². The van der Waals surface area contributed by atoms with Crippen LogP contribution in [-0.2, 0) is 17.5 Å². The summed E-state index contributed by atoms with van der Waals surface area (Å²) in [6.07, 6.45) is -2.24. The summed E-state index contributed by atoms with van der Waals surface area (Å²) in [7, 11) is 0. The first-order valence-corrected chi connectivity index (χ1v) is 9.86. The van der Waals surface area contributed by atoms with Crippen molar-refractivity contribution in [2.24, 2.45) is 0 Å². The minimum atomic E-state index is -4.47. The number of anilines is 2. The number of nitrogens with one attached hydrogen (secondary N) is 1. The molecule has 1 atom stereocenters. The second kappa shape index (κ2) is 7.50. The molecule has 2 aliphatic rings. The fourth-order valence-corrected chi connectivity index (χ4v) is 4.12. The number of aromatic nitrogens is 5. The van der Waals surface area contributed by atoms with E-state index in [1.807, 2.05) is 4.90 Å². The standard InChI is InChI=1S/C19H18F5N7O/c20-15(21)7-31-17-13(5-27-31)25-6-16(29-17)28-11-3-18(32-8-11)9-30(10-18)12-1-2-14(26-4-12)19(22,23)24/h1-2,4-6,11,15H,3,7-10H2,(H,28,29). The molecule has 1 N–H and O–H groups in total. The first-order chi connectivity index (χ1) is 15.2. The van der Waals surface area contributed by atoms with Gasteiger partial charge >= 0.3 is 6.18 Å². The van der Waals surface area contributed by atoms with Gasteiger partial charge in [-0.2, -0.15) is 18.3 Å². The summed E-state index contributed by atoms with van der Waals surface area (Å²) in [5, 5.41) is 7.12. The number of alkyl halides is 5. The maximum Gasteiger partial charge on any atom is 0.433 e. The summed E-state index contributed by atoms with van der Waals surface area (Å²) in [5.41, 5.74) is -0.0308. The molecule has 1 unspecified atom stereocenters. The molecule has 0 amide bonds. The Morgan fingerprint density at radius 1 is 1.16 bits per heavy atom. The Morgan fingerprint density at radius 3 is 2.66 bits per heavy atom. The van der Waals surface area contributed by atoms with E-state index >= 15 is 0 Å². The van der Waals surface area contributed by atoms with Crippen LogP contribution in [0.1, 0.15) is 12.1 Å². The van der Waals surface area contributed by atoms with Gasteiger partial charge in [0.15, 0.2) is 5.65 Å². The zero-order chi connectivity index (χ0) is 22.5. The molecule has 0 radical (unpaired) electrons. The highest BCUT2D eigenvalue weighted by Crippen LogP contribution is 2.39. The van der Waals surface area contributed by atoms with Crippen LogP contribution in [0.2, 0.25) is 0 Å². The normalized spacial score (nSPS) is 20.3. The van der Waals surface area contributed by atoms with Crippen molar-refractivity contribution >= 4 is 22.7 Å².